The minimum atomic E-state index is -0.337. The number of aryl methyl sites for hydroxylation is 2. The zero-order valence-electron chi connectivity index (χ0n) is 17.7. The molecule has 1 aliphatic rings. The number of imide groups is 1. The maximum Gasteiger partial charge on any atom is 0.278 e. The van der Waals surface area contributed by atoms with Gasteiger partial charge in [0.15, 0.2) is 0 Å². The highest BCUT2D eigenvalue weighted by Gasteiger charge is 2.39. The second kappa shape index (κ2) is 8.40. The smallest absolute Gasteiger partial charge is 0.278 e. The van der Waals surface area contributed by atoms with E-state index in [9.17, 15) is 9.59 Å². The molecule has 0 fully saturated rings. The molecule has 31 heavy (non-hydrogen) atoms. The number of rotatable bonds is 5. The molecular formula is C26H23ClN2O2. The normalized spacial score (nSPS) is 13.9. The lowest BCUT2D eigenvalue weighted by molar-refractivity contribution is -0.137. The Balaban J connectivity index is 1.76. The molecule has 5 heteroatoms. The van der Waals surface area contributed by atoms with E-state index in [1.165, 1.54) is 4.90 Å². The molecule has 2 amide bonds. The quantitative estimate of drug-likeness (QED) is 0.531. The summed E-state index contributed by atoms with van der Waals surface area (Å²) in [7, 11) is 0. The van der Waals surface area contributed by atoms with Crippen molar-refractivity contribution in [2.24, 2.45) is 0 Å². The molecule has 4 nitrogen and oxygen atoms in total. The Morgan fingerprint density at radius 3 is 2.19 bits per heavy atom. The predicted octanol–water partition coefficient (Wildman–Crippen LogP) is 5.66. The Bertz CT molecular complexity index is 1200. The first kappa shape index (κ1) is 20.9. The van der Waals surface area contributed by atoms with Gasteiger partial charge in [-0.15, -0.1) is 0 Å². The molecule has 156 valence electrons. The van der Waals surface area contributed by atoms with Crippen molar-refractivity contribution in [2.45, 2.75) is 27.3 Å². The van der Waals surface area contributed by atoms with Gasteiger partial charge in [-0.05, 0) is 61.2 Å². The molecule has 0 saturated heterocycles. The van der Waals surface area contributed by atoms with Gasteiger partial charge in [0.2, 0.25) is 0 Å². The van der Waals surface area contributed by atoms with Crippen molar-refractivity contribution in [1.29, 1.82) is 0 Å². The van der Waals surface area contributed by atoms with E-state index in [0.717, 1.165) is 27.9 Å². The molecule has 0 saturated carbocycles. The van der Waals surface area contributed by atoms with Crippen LogP contribution in [0.2, 0.25) is 5.02 Å². The van der Waals surface area contributed by atoms with Gasteiger partial charge >= 0.3 is 0 Å². The van der Waals surface area contributed by atoms with E-state index in [1.54, 1.807) is 24.3 Å². The zero-order chi connectivity index (χ0) is 22.1. The van der Waals surface area contributed by atoms with Crippen LogP contribution < -0.4 is 5.32 Å². The average Bonchev–Trinajstić information content (AvgIpc) is 2.98. The van der Waals surface area contributed by atoms with Gasteiger partial charge in [0.1, 0.15) is 5.70 Å². The highest BCUT2D eigenvalue weighted by molar-refractivity contribution is 6.36. The SMILES string of the molecule is Cc1ccc(CN2C(=O)C(Nc3cccc(C)c3C)=C(c3ccc(Cl)cc3)C2=O)cc1. The number of benzene rings is 3. The zero-order valence-corrected chi connectivity index (χ0v) is 18.5. The van der Waals surface area contributed by atoms with Crippen molar-refractivity contribution in [1.82, 2.24) is 4.90 Å². The van der Waals surface area contributed by atoms with Crippen molar-refractivity contribution in [3.63, 3.8) is 0 Å². The fourth-order valence-electron chi connectivity index (χ4n) is 3.62. The topological polar surface area (TPSA) is 49.4 Å². The summed E-state index contributed by atoms with van der Waals surface area (Å²) in [5.41, 5.74) is 6.26. The van der Waals surface area contributed by atoms with Crippen LogP contribution in [0.5, 0.6) is 0 Å². The van der Waals surface area contributed by atoms with Crippen molar-refractivity contribution in [3.05, 3.63) is 105 Å². The van der Waals surface area contributed by atoms with Gasteiger partial charge in [0, 0.05) is 10.7 Å². The molecule has 0 atom stereocenters. The second-order valence-electron chi connectivity index (χ2n) is 7.81. The first-order valence-corrected chi connectivity index (χ1v) is 10.5. The fraction of sp³-hybridized carbons (Fsp3) is 0.154. The number of carbonyl (C=O) groups excluding carboxylic acids is 2. The van der Waals surface area contributed by atoms with E-state index >= 15 is 0 Å². The number of hydrogen-bond donors (Lipinski definition) is 1. The lowest BCUT2D eigenvalue weighted by atomic mass is 10.0. The number of amides is 2. The van der Waals surface area contributed by atoms with Gasteiger partial charge < -0.3 is 5.32 Å². The molecule has 0 aromatic heterocycles. The third kappa shape index (κ3) is 4.12. The molecule has 0 spiro atoms. The first-order chi connectivity index (χ1) is 14.8. The van der Waals surface area contributed by atoms with Crippen molar-refractivity contribution < 1.29 is 9.59 Å². The summed E-state index contributed by atoms with van der Waals surface area (Å²) >= 11 is 6.04. The van der Waals surface area contributed by atoms with Crippen LogP contribution in [-0.4, -0.2) is 16.7 Å². The minimum absolute atomic E-state index is 0.215. The molecular weight excluding hydrogens is 408 g/mol. The summed E-state index contributed by atoms with van der Waals surface area (Å²) in [4.78, 5) is 28.1. The van der Waals surface area contributed by atoms with E-state index in [1.807, 2.05) is 63.2 Å². The summed E-state index contributed by atoms with van der Waals surface area (Å²) in [6.45, 7) is 6.22. The standard InChI is InChI=1S/C26H23ClN2O2/c1-16-7-9-19(10-8-16)15-29-25(30)23(20-11-13-21(27)14-12-20)24(26(29)31)28-22-6-4-5-17(2)18(22)3/h4-14,28H,15H2,1-3H3. The van der Waals surface area contributed by atoms with Gasteiger partial charge in [-0.1, -0.05) is 65.7 Å². The maximum atomic E-state index is 13.4. The van der Waals surface area contributed by atoms with Gasteiger partial charge in [0.05, 0.1) is 12.1 Å². The average molecular weight is 431 g/mol. The largest absolute Gasteiger partial charge is 0.350 e. The van der Waals surface area contributed by atoms with E-state index in [2.05, 4.69) is 5.32 Å². The van der Waals surface area contributed by atoms with Crippen LogP contribution >= 0.6 is 11.6 Å². The highest BCUT2D eigenvalue weighted by atomic mass is 35.5. The van der Waals surface area contributed by atoms with Crippen LogP contribution in [0.4, 0.5) is 5.69 Å². The number of carbonyl (C=O) groups is 2. The summed E-state index contributed by atoms with van der Waals surface area (Å²) in [6.07, 6.45) is 0. The van der Waals surface area contributed by atoms with Crippen LogP contribution in [-0.2, 0) is 16.1 Å². The number of nitrogens with one attached hydrogen (secondary N) is 1. The van der Waals surface area contributed by atoms with E-state index in [0.29, 0.717) is 16.2 Å². The van der Waals surface area contributed by atoms with E-state index < -0.39 is 0 Å². The summed E-state index contributed by atoms with van der Waals surface area (Å²) in [6, 6.07) is 20.7. The minimum Gasteiger partial charge on any atom is -0.350 e. The summed E-state index contributed by atoms with van der Waals surface area (Å²) in [5.74, 6) is -0.655. The lowest BCUT2D eigenvalue weighted by Crippen LogP contribution is -2.32. The molecule has 4 rings (SSSR count). The first-order valence-electron chi connectivity index (χ1n) is 10.1. The molecule has 3 aromatic rings. The Morgan fingerprint density at radius 1 is 0.839 bits per heavy atom. The van der Waals surface area contributed by atoms with Crippen molar-refractivity contribution in [3.8, 4) is 0 Å². The number of halogens is 1. The number of nitrogens with zero attached hydrogens (tertiary/aromatic N) is 1. The van der Waals surface area contributed by atoms with Gasteiger partial charge in [-0.25, -0.2) is 0 Å². The maximum absolute atomic E-state index is 13.4. The molecule has 1 aliphatic heterocycles. The lowest BCUT2D eigenvalue weighted by Gasteiger charge is -2.16. The van der Waals surface area contributed by atoms with Gasteiger partial charge in [-0.2, -0.15) is 0 Å². The molecule has 0 aliphatic carbocycles. The number of anilines is 1. The predicted molar refractivity (Wildman–Crippen MR) is 125 cm³/mol. The third-order valence-electron chi connectivity index (χ3n) is 5.63. The molecule has 0 radical (unpaired) electrons. The Hall–Kier alpha value is -3.37. The Labute approximate surface area is 187 Å². The van der Waals surface area contributed by atoms with Crippen molar-refractivity contribution in [2.75, 3.05) is 5.32 Å². The van der Waals surface area contributed by atoms with Crippen LogP contribution in [0.3, 0.4) is 0 Å². The monoisotopic (exact) mass is 430 g/mol. The molecule has 0 bridgehead atoms. The van der Waals surface area contributed by atoms with Crippen LogP contribution in [0, 0.1) is 20.8 Å². The highest BCUT2D eigenvalue weighted by Crippen LogP contribution is 2.33. The molecule has 3 aromatic carbocycles. The molecule has 1 heterocycles. The van der Waals surface area contributed by atoms with Crippen LogP contribution in [0.25, 0.3) is 5.57 Å². The van der Waals surface area contributed by atoms with Crippen LogP contribution in [0.1, 0.15) is 27.8 Å². The summed E-state index contributed by atoms with van der Waals surface area (Å²) < 4.78 is 0. The Morgan fingerprint density at radius 2 is 1.52 bits per heavy atom. The molecule has 1 N–H and O–H groups in total. The van der Waals surface area contributed by atoms with E-state index in [-0.39, 0.29) is 24.1 Å². The Kier molecular flexibility index (Phi) is 5.66. The van der Waals surface area contributed by atoms with E-state index in [4.69, 9.17) is 11.6 Å². The van der Waals surface area contributed by atoms with Gasteiger partial charge in [-0.3, -0.25) is 14.5 Å². The number of hydrogen-bond acceptors (Lipinski definition) is 3. The fourth-order valence-corrected chi connectivity index (χ4v) is 3.74. The third-order valence-corrected chi connectivity index (χ3v) is 5.88. The van der Waals surface area contributed by atoms with Crippen LogP contribution in [0.15, 0.2) is 72.4 Å². The summed E-state index contributed by atoms with van der Waals surface area (Å²) in [5, 5.41) is 3.82. The van der Waals surface area contributed by atoms with Gasteiger partial charge in [0.25, 0.3) is 11.8 Å². The molecule has 0 unspecified atom stereocenters. The second-order valence-corrected chi connectivity index (χ2v) is 8.25. The van der Waals surface area contributed by atoms with Crippen molar-refractivity contribution >= 4 is 34.7 Å².